The topological polar surface area (TPSA) is 87.1 Å². The molecule has 1 aromatic rings. The molecule has 2 rings (SSSR count). The number of carbonyl (C=O) groups excluding carboxylic acids is 2. The summed E-state index contributed by atoms with van der Waals surface area (Å²) in [5, 5.41) is 20.3. The summed E-state index contributed by atoms with van der Waals surface area (Å²) < 4.78 is 5.07. The Kier molecular flexibility index (Phi) is 6.56. The third-order valence-electron chi connectivity index (χ3n) is 4.98. The van der Waals surface area contributed by atoms with Gasteiger partial charge in [0.2, 0.25) is 5.91 Å². The van der Waals surface area contributed by atoms with Crippen molar-refractivity contribution in [3.8, 4) is 0 Å². The summed E-state index contributed by atoms with van der Waals surface area (Å²) in [5.74, 6) is -1.73. The molecule has 1 aliphatic heterocycles. The van der Waals surface area contributed by atoms with E-state index in [4.69, 9.17) is 4.74 Å². The second kappa shape index (κ2) is 8.45. The first-order valence-electron chi connectivity index (χ1n) is 8.76. The number of ether oxygens (including phenoxy) is 1. The van der Waals surface area contributed by atoms with Gasteiger partial charge in [-0.25, -0.2) is 9.69 Å². The predicted octanol–water partition coefficient (Wildman–Crippen LogP) is 1.98. The third-order valence-corrected chi connectivity index (χ3v) is 4.98. The second-order valence-electron chi connectivity index (χ2n) is 6.74. The fourth-order valence-corrected chi connectivity index (χ4v) is 3.19. The highest BCUT2D eigenvalue weighted by Gasteiger charge is 2.42. The number of nitrogens with zero attached hydrogens (tertiary/aromatic N) is 1. The first-order chi connectivity index (χ1) is 11.9. The highest BCUT2D eigenvalue weighted by molar-refractivity contribution is 5.95. The van der Waals surface area contributed by atoms with E-state index in [1.807, 2.05) is 37.3 Å². The molecule has 5 atom stereocenters. The van der Waals surface area contributed by atoms with Gasteiger partial charge in [0.05, 0.1) is 24.2 Å². The van der Waals surface area contributed by atoms with Gasteiger partial charge in [-0.2, -0.15) is 0 Å². The summed E-state index contributed by atoms with van der Waals surface area (Å²) in [6, 6.07) is 9.19. The first-order valence-corrected chi connectivity index (χ1v) is 8.76. The van der Waals surface area contributed by atoms with Crippen molar-refractivity contribution >= 4 is 12.0 Å². The summed E-state index contributed by atoms with van der Waals surface area (Å²) in [6.45, 7) is 5.24. The van der Waals surface area contributed by atoms with Crippen molar-refractivity contribution in [2.24, 2.45) is 11.8 Å². The number of aliphatic hydroxyl groups is 2. The molecule has 2 amide bonds. The summed E-state index contributed by atoms with van der Waals surface area (Å²) >= 11 is 0. The number of imide groups is 1. The van der Waals surface area contributed by atoms with E-state index in [9.17, 15) is 19.8 Å². The van der Waals surface area contributed by atoms with Gasteiger partial charge in [-0.15, -0.1) is 0 Å². The maximum atomic E-state index is 12.8. The van der Waals surface area contributed by atoms with Crippen molar-refractivity contribution in [1.82, 2.24) is 4.90 Å². The number of rotatable bonds is 7. The van der Waals surface area contributed by atoms with Crippen molar-refractivity contribution in [3.05, 3.63) is 35.9 Å². The molecule has 1 fully saturated rings. The summed E-state index contributed by atoms with van der Waals surface area (Å²) in [4.78, 5) is 26.0. The zero-order chi connectivity index (χ0) is 18.6. The van der Waals surface area contributed by atoms with Crippen LogP contribution < -0.4 is 0 Å². The molecule has 1 saturated heterocycles. The summed E-state index contributed by atoms with van der Waals surface area (Å²) in [6.07, 6.45) is -1.41. The van der Waals surface area contributed by atoms with Crippen LogP contribution in [0.1, 0.15) is 32.8 Å². The van der Waals surface area contributed by atoms with Crippen LogP contribution >= 0.6 is 0 Å². The minimum atomic E-state index is -1.03. The Labute approximate surface area is 148 Å². The number of aliphatic hydroxyl groups excluding tert-OH is 2. The van der Waals surface area contributed by atoms with Gasteiger partial charge >= 0.3 is 6.09 Å². The van der Waals surface area contributed by atoms with E-state index in [1.165, 1.54) is 0 Å². The monoisotopic (exact) mass is 349 g/mol. The SMILES string of the molecule is CC[C@H](O)[C@@H](C)[C@@H](O)[C@@H](C)C(=O)N1C(=O)OC[C@@H]1Cc1ccccc1. The molecule has 6 nitrogen and oxygen atoms in total. The lowest BCUT2D eigenvalue weighted by atomic mass is 9.87. The fraction of sp³-hybridized carbons (Fsp3) is 0.579. The fourth-order valence-electron chi connectivity index (χ4n) is 3.19. The minimum absolute atomic E-state index is 0.148. The Morgan fingerprint density at radius 2 is 1.92 bits per heavy atom. The number of hydrogen-bond acceptors (Lipinski definition) is 5. The molecule has 0 saturated carbocycles. The Bertz CT molecular complexity index is 591. The van der Waals surface area contributed by atoms with E-state index in [0.717, 1.165) is 10.5 Å². The third kappa shape index (κ3) is 4.38. The Balaban J connectivity index is 2.10. The lowest BCUT2D eigenvalue weighted by Crippen LogP contribution is -2.48. The second-order valence-corrected chi connectivity index (χ2v) is 6.74. The minimum Gasteiger partial charge on any atom is -0.447 e. The van der Waals surface area contributed by atoms with Crippen LogP contribution in [0.2, 0.25) is 0 Å². The molecule has 0 unspecified atom stereocenters. The number of cyclic esters (lactones) is 1. The van der Waals surface area contributed by atoms with Crippen LogP contribution in [-0.4, -0.2) is 52.0 Å². The molecule has 0 radical (unpaired) electrons. The molecule has 0 spiro atoms. The van der Waals surface area contributed by atoms with Crippen LogP contribution in [-0.2, 0) is 16.0 Å². The molecule has 1 aromatic carbocycles. The Morgan fingerprint density at radius 3 is 2.52 bits per heavy atom. The highest BCUT2D eigenvalue weighted by atomic mass is 16.6. The van der Waals surface area contributed by atoms with Crippen molar-refractivity contribution in [1.29, 1.82) is 0 Å². The largest absolute Gasteiger partial charge is 0.447 e. The van der Waals surface area contributed by atoms with Gasteiger partial charge < -0.3 is 14.9 Å². The molecule has 0 bridgehead atoms. The lowest BCUT2D eigenvalue weighted by Gasteiger charge is -2.30. The Hall–Kier alpha value is -1.92. The van der Waals surface area contributed by atoms with Crippen LogP contribution in [0.25, 0.3) is 0 Å². The van der Waals surface area contributed by atoms with Crippen molar-refractivity contribution in [3.63, 3.8) is 0 Å². The van der Waals surface area contributed by atoms with E-state index in [1.54, 1.807) is 13.8 Å². The van der Waals surface area contributed by atoms with E-state index < -0.39 is 36.0 Å². The molecule has 6 heteroatoms. The first kappa shape index (κ1) is 19.4. The van der Waals surface area contributed by atoms with Crippen LogP contribution in [0.4, 0.5) is 4.79 Å². The molecule has 25 heavy (non-hydrogen) atoms. The number of amides is 2. The molecule has 0 aliphatic carbocycles. The Morgan fingerprint density at radius 1 is 1.28 bits per heavy atom. The number of hydrogen-bond donors (Lipinski definition) is 2. The van der Waals surface area contributed by atoms with Crippen molar-refractivity contribution < 1.29 is 24.5 Å². The van der Waals surface area contributed by atoms with Gasteiger partial charge in [-0.3, -0.25) is 4.79 Å². The molecule has 1 heterocycles. The molecule has 2 N–H and O–H groups in total. The normalized spacial score (nSPS) is 22.2. The van der Waals surface area contributed by atoms with Crippen molar-refractivity contribution in [2.45, 2.75) is 51.9 Å². The standard InChI is InChI=1S/C19H27NO5/c1-4-16(21)12(2)17(22)13(3)18(23)20-15(11-25-19(20)24)10-14-8-6-5-7-9-14/h5-9,12-13,15-17,21-22H,4,10-11H2,1-3H3/t12-,13-,15+,16+,17-/m1/s1. The molecule has 138 valence electrons. The number of benzene rings is 1. The highest BCUT2D eigenvalue weighted by Crippen LogP contribution is 2.24. The van der Waals surface area contributed by atoms with Crippen LogP contribution in [0.15, 0.2) is 30.3 Å². The molecular formula is C19H27NO5. The van der Waals surface area contributed by atoms with Crippen LogP contribution in [0.3, 0.4) is 0 Å². The van der Waals surface area contributed by atoms with Crippen molar-refractivity contribution in [2.75, 3.05) is 6.61 Å². The molecular weight excluding hydrogens is 322 g/mol. The van der Waals surface area contributed by atoms with E-state index in [-0.39, 0.29) is 12.6 Å². The van der Waals surface area contributed by atoms with Crippen LogP contribution in [0, 0.1) is 11.8 Å². The van der Waals surface area contributed by atoms with E-state index >= 15 is 0 Å². The van der Waals surface area contributed by atoms with Gasteiger partial charge in [0, 0.05) is 5.92 Å². The maximum Gasteiger partial charge on any atom is 0.416 e. The smallest absolute Gasteiger partial charge is 0.416 e. The predicted molar refractivity (Wildman–Crippen MR) is 92.8 cm³/mol. The average molecular weight is 349 g/mol. The average Bonchev–Trinajstić information content (AvgIpc) is 2.99. The van der Waals surface area contributed by atoms with E-state index in [0.29, 0.717) is 12.8 Å². The van der Waals surface area contributed by atoms with Gasteiger partial charge in [0.15, 0.2) is 0 Å². The zero-order valence-corrected chi connectivity index (χ0v) is 15.0. The van der Waals surface area contributed by atoms with Gasteiger partial charge in [0.1, 0.15) is 6.61 Å². The maximum absolute atomic E-state index is 12.8. The summed E-state index contributed by atoms with van der Waals surface area (Å²) in [7, 11) is 0. The van der Waals surface area contributed by atoms with Gasteiger partial charge in [-0.05, 0) is 18.4 Å². The zero-order valence-electron chi connectivity index (χ0n) is 15.0. The molecule has 1 aliphatic rings. The van der Waals surface area contributed by atoms with E-state index in [2.05, 4.69) is 0 Å². The summed E-state index contributed by atoms with van der Waals surface area (Å²) in [5.41, 5.74) is 1.01. The van der Waals surface area contributed by atoms with Gasteiger partial charge in [-0.1, -0.05) is 51.1 Å². The lowest BCUT2D eigenvalue weighted by molar-refractivity contribution is -0.138. The van der Waals surface area contributed by atoms with Crippen LogP contribution in [0.5, 0.6) is 0 Å². The van der Waals surface area contributed by atoms with Gasteiger partial charge in [0.25, 0.3) is 0 Å². The number of carbonyl (C=O) groups is 2. The quantitative estimate of drug-likeness (QED) is 0.786. The molecule has 0 aromatic heterocycles.